The Morgan fingerprint density at radius 1 is 1.08 bits per heavy atom. The van der Waals surface area contributed by atoms with Gasteiger partial charge in [0.05, 0.1) is 15.9 Å². The highest BCUT2D eigenvalue weighted by Gasteiger charge is 2.27. The molecule has 0 saturated carbocycles. The molecule has 2 aromatic carbocycles. The van der Waals surface area contributed by atoms with E-state index in [-0.39, 0.29) is 23.2 Å². The Labute approximate surface area is 216 Å². The highest BCUT2D eigenvalue weighted by Crippen LogP contribution is 2.36. The lowest BCUT2D eigenvalue weighted by Crippen LogP contribution is -2.40. The molecular formula is C26H31N3O5S2. The molecule has 10 heteroatoms. The molecular weight excluding hydrogens is 498 g/mol. The van der Waals surface area contributed by atoms with Gasteiger partial charge in [0.1, 0.15) is 5.01 Å². The SMILES string of the molecule is CCC(=O)c1ccc(-c2cnc(-c3ccc(NC(=O)OC(C)C)cc3)s2)c(S(=O)(=O)NC(C)(C)C)c1. The molecule has 0 radical (unpaired) electrons. The van der Waals surface area contributed by atoms with Crippen molar-refractivity contribution in [2.24, 2.45) is 0 Å². The zero-order valence-electron chi connectivity index (χ0n) is 21.2. The monoisotopic (exact) mass is 529 g/mol. The minimum Gasteiger partial charge on any atom is -0.447 e. The molecule has 0 atom stereocenters. The maximum absolute atomic E-state index is 13.3. The number of thiazole rings is 1. The molecule has 1 amide bonds. The highest BCUT2D eigenvalue weighted by atomic mass is 32.2. The van der Waals surface area contributed by atoms with Crippen molar-refractivity contribution in [1.82, 2.24) is 9.71 Å². The number of carbonyl (C=O) groups excluding carboxylic acids is 2. The second-order valence-electron chi connectivity index (χ2n) is 9.53. The Morgan fingerprint density at radius 2 is 1.75 bits per heavy atom. The quantitative estimate of drug-likeness (QED) is 0.341. The topological polar surface area (TPSA) is 114 Å². The van der Waals surface area contributed by atoms with Gasteiger partial charge in [0, 0.05) is 40.5 Å². The van der Waals surface area contributed by atoms with E-state index in [0.717, 1.165) is 5.56 Å². The lowest BCUT2D eigenvalue weighted by Gasteiger charge is -2.21. The third kappa shape index (κ3) is 6.99. The van der Waals surface area contributed by atoms with Gasteiger partial charge in [-0.2, -0.15) is 0 Å². The second kappa shape index (κ2) is 10.9. The number of benzene rings is 2. The van der Waals surface area contributed by atoms with Gasteiger partial charge in [-0.05, 0) is 65.0 Å². The van der Waals surface area contributed by atoms with Crippen molar-refractivity contribution < 1.29 is 22.7 Å². The van der Waals surface area contributed by atoms with Crippen LogP contribution >= 0.6 is 11.3 Å². The number of carbonyl (C=O) groups is 2. The predicted molar refractivity (Wildman–Crippen MR) is 143 cm³/mol. The molecule has 0 aliphatic heterocycles. The molecule has 2 N–H and O–H groups in total. The minimum atomic E-state index is -3.92. The molecule has 0 saturated heterocycles. The maximum Gasteiger partial charge on any atom is 0.411 e. The molecule has 1 heterocycles. The minimum absolute atomic E-state index is 0.0372. The molecule has 0 bridgehead atoms. The number of hydrogen-bond donors (Lipinski definition) is 2. The van der Waals surface area contributed by atoms with Crippen molar-refractivity contribution in [2.75, 3.05) is 5.32 Å². The van der Waals surface area contributed by atoms with E-state index < -0.39 is 21.7 Å². The number of hydrogen-bond acceptors (Lipinski definition) is 7. The number of nitrogens with zero attached hydrogens (tertiary/aromatic N) is 1. The second-order valence-corrected chi connectivity index (χ2v) is 12.2. The molecule has 0 spiro atoms. The summed E-state index contributed by atoms with van der Waals surface area (Å²) in [6.07, 6.45) is 1.14. The van der Waals surface area contributed by atoms with Crippen LogP contribution in [0, 0.1) is 0 Å². The molecule has 36 heavy (non-hydrogen) atoms. The van der Waals surface area contributed by atoms with Crippen LogP contribution < -0.4 is 10.0 Å². The van der Waals surface area contributed by atoms with Crippen molar-refractivity contribution in [1.29, 1.82) is 0 Å². The fourth-order valence-electron chi connectivity index (χ4n) is 3.37. The van der Waals surface area contributed by atoms with Crippen molar-refractivity contribution in [2.45, 2.75) is 64.5 Å². The van der Waals surface area contributed by atoms with Crippen LogP contribution in [0.25, 0.3) is 21.0 Å². The van der Waals surface area contributed by atoms with Gasteiger partial charge in [0.25, 0.3) is 0 Å². The van der Waals surface area contributed by atoms with Crippen molar-refractivity contribution in [3.05, 3.63) is 54.2 Å². The molecule has 1 aromatic heterocycles. The first kappa shape index (κ1) is 27.5. The van der Waals surface area contributed by atoms with Gasteiger partial charge in [-0.3, -0.25) is 10.1 Å². The average molecular weight is 530 g/mol. The lowest BCUT2D eigenvalue weighted by molar-refractivity contribution is 0.0987. The van der Waals surface area contributed by atoms with Crippen molar-refractivity contribution in [3.8, 4) is 21.0 Å². The van der Waals surface area contributed by atoms with Gasteiger partial charge in [-0.1, -0.05) is 19.1 Å². The zero-order chi connectivity index (χ0) is 26.7. The summed E-state index contributed by atoms with van der Waals surface area (Å²) in [5, 5.41) is 3.35. The number of nitrogens with one attached hydrogen (secondary N) is 2. The summed E-state index contributed by atoms with van der Waals surface area (Å²) in [6, 6.07) is 11.9. The Kier molecular flexibility index (Phi) is 8.33. The largest absolute Gasteiger partial charge is 0.447 e. The van der Waals surface area contributed by atoms with E-state index in [1.165, 1.54) is 17.4 Å². The molecule has 3 aromatic rings. The van der Waals surface area contributed by atoms with Gasteiger partial charge in [-0.25, -0.2) is 22.9 Å². The summed E-state index contributed by atoms with van der Waals surface area (Å²) in [4.78, 5) is 29.3. The summed E-state index contributed by atoms with van der Waals surface area (Å²) in [5.41, 5.74) is 1.51. The van der Waals surface area contributed by atoms with Crippen LogP contribution in [0.15, 0.2) is 53.6 Å². The number of Topliss-reactive ketones (excluding diaryl/α,β-unsaturated/α-hetero) is 1. The standard InChI is InChI=1S/C26H31N3O5S2/c1-7-21(30)18-10-13-20(23(14-18)36(32,33)29-26(4,5)6)22-15-27-24(35-22)17-8-11-19(12-9-17)28-25(31)34-16(2)3/h8-16,29H,7H2,1-6H3,(H,28,31). The van der Waals surface area contributed by atoms with Gasteiger partial charge >= 0.3 is 6.09 Å². The van der Waals surface area contributed by atoms with Gasteiger partial charge in [0.2, 0.25) is 10.0 Å². The van der Waals surface area contributed by atoms with Gasteiger partial charge in [0.15, 0.2) is 5.78 Å². The normalized spacial score (nSPS) is 12.0. The molecule has 0 aliphatic rings. The summed E-state index contributed by atoms with van der Waals surface area (Å²) < 4.78 is 34.3. The predicted octanol–water partition coefficient (Wildman–Crippen LogP) is 6.10. The lowest BCUT2D eigenvalue weighted by atomic mass is 10.1. The highest BCUT2D eigenvalue weighted by molar-refractivity contribution is 7.89. The van der Waals surface area contributed by atoms with E-state index in [4.69, 9.17) is 4.74 Å². The van der Waals surface area contributed by atoms with Crippen LogP contribution in [0.5, 0.6) is 0 Å². The molecule has 8 nitrogen and oxygen atoms in total. The summed E-state index contributed by atoms with van der Waals surface area (Å²) in [7, 11) is -3.92. The number of amides is 1. The zero-order valence-corrected chi connectivity index (χ0v) is 22.8. The number of sulfonamides is 1. The van der Waals surface area contributed by atoms with E-state index in [0.29, 0.717) is 26.7 Å². The summed E-state index contributed by atoms with van der Waals surface area (Å²) in [5.74, 6) is -0.135. The number of rotatable bonds is 8. The molecule has 0 fully saturated rings. The van der Waals surface area contributed by atoms with Gasteiger partial charge < -0.3 is 4.74 Å². The van der Waals surface area contributed by atoms with Crippen LogP contribution in [0.2, 0.25) is 0 Å². The number of ketones is 1. The Morgan fingerprint density at radius 3 is 2.33 bits per heavy atom. The number of ether oxygens (including phenoxy) is 1. The molecule has 192 valence electrons. The van der Waals surface area contributed by atoms with Crippen LogP contribution in [-0.2, 0) is 14.8 Å². The Balaban J connectivity index is 1.96. The smallest absolute Gasteiger partial charge is 0.411 e. The maximum atomic E-state index is 13.3. The first-order valence-corrected chi connectivity index (χ1v) is 13.8. The first-order valence-electron chi connectivity index (χ1n) is 11.5. The fourth-order valence-corrected chi connectivity index (χ4v) is 6.06. The Hall–Kier alpha value is -3.08. The molecule has 0 unspecified atom stereocenters. The third-order valence-corrected chi connectivity index (χ3v) is 7.72. The van der Waals surface area contributed by atoms with E-state index in [1.54, 1.807) is 72.0 Å². The van der Waals surface area contributed by atoms with Gasteiger partial charge in [-0.15, -0.1) is 11.3 Å². The molecule has 3 rings (SSSR count). The van der Waals surface area contributed by atoms with E-state index in [9.17, 15) is 18.0 Å². The van der Waals surface area contributed by atoms with Crippen LogP contribution in [-0.4, -0.2) is 36.9 Å². The Bertz CT molecular complexity index is 1350. The summed E-state index contributed by atoms with van der Waals surface area (Å²) in [6.45, 7) is 10.6. The third-order valence-electron chi connectivity index (χ3n) is 4.85. The summed E-state index contributed by atoms with van der Waals surface area (Å²) >= 11 is 1.34. The fraction of sp³-hybridized carbons (Fsp3) is 0.346. The first-order chi connectivity index (χ1) is 16.8. The number of anilines is 1. The van der Waals surface area contributed by atoms with E-state index in [1.807, 2.05) is 12.1 Å². The van der Waals surface area contributed by atoms with Crippen LogP contribution in [0.3, 0.4) is 0 Å². The average Bonchev–Trinajstić information content (AvgIpc) is 3.26. The molecule has 0 aliphatic carbocycles. The van der Waals surface area contributed by atoms with Crippen molar-refractivity contribution in [3.63, 3.8) is 0 Å². The number of aromatic nitrogens is 1. The van der Waals surface area contributed by atoms with E-state index >= 15 is 0 Å². The van der Waals surface area contributed by atoms with Crippen molar-refractivity contribution >= 4 is 38.9 Å². The van der Waals surface area contributed by atoms with Crippen LogP contribution in [0.4, 0.5) is 10.5 Å². The van der Waals surface area contributed by atoms with Crippen LogP contribution in [0.1, 0.15) is 58.3 Å². The van der Waals surface area contributed by atoms with E-state index in [2.05, 4.69) is 15.0 Å².